The minimum Gasteiger partial charge on any atom is -0.352 e. The van der Waals surface area contributed by atoms with Crippen LogP contribution < -0.4 is 10.6 Å². The van der Waals surface area contributed by atoms with Gasteiger partial charge in [0.15, 0.2) is 0 Å². The Morgan fingerprint density at radius 1 is 1.00 bits per heavy atom. The van der Waals surface area contributed by atoms with Gasteiger partial charge >= 0.3 is 0 Å². The fraction of sp³-hybridized carbons (Fsp3) is 0.364. The second kappa shape index (κ2) is 8.17. The minimum absolute atomic E-state index is 0.0121. The molecule has 0 saturated carbocycles. The molecule has 2 amide bonds. The van der Waals surface area contributed by atoms with E-state index in [0.717, 1.165) is 19.3 Å². The zero-order valence-electron chi connectivity index (χ0n) is 15.4. The van der Waals surface area contributed by atoms with E-state index in [-0.39, 0.29) is 30.3 Å². The highest BCUT2D eigenvalue weighted by atomic mass is 16.2. The number of carbonyl (C=O) groups is 2. The van der Waals surface area contributed by atoms with Gasteiger partial charge in [0.2, 0.25) is 5.91 Å². The molecule has 0 aromatic heterocycles. The molecule has 4 nitrogen and oxygen atoms in total. The summed E-state index contributed by atoms with van der Waals surface area (Å²) in [6, 6.07) is 15.9. The van der Waals surface area contributed by atoms with Crippen molar-refractivity contribution >= 4 is 11.8 Å². The van der Waals surface area contributed by atoms with Crippen LogP contribution in [-0.4, -0.2) is 24.4 Å². The number of hydrogen-bond acceptors (Lipinski definition) is 2. The molecular weight excluding hydrogens is 324 g/mol. The van der Waals surface area contributed by atoms with Gasteiger partial charge in [-0.2, -0.15) is 0 Å². The van der Waals surface area contributed by atoms with Crippen LogP contribution in [0.4, 0.5) is 0 Å². The molecule has 0 saturated heterocycles. The first-order valence-corrected chi connectivity index (χ1v) is 9.29. The van der Waals surface area contributed by atoms with E-state index in [4.69, 9.17) is 0 Å². The molecule has 0 aliphatic heterocycles. The standard InChI is InChI=1S/C22H26N2O2/c1-15(17-7-4-3-5-8-17)16(2)24-21(25)14-23-22(26)20-12-11-18-9-6-10-19(18)13-20/h3-5,7-8,11-13,15-16H,6,9-10,14H2,1-2H3,(H,23,26)(H,24,25)/t15-,16+/m0/s1. The lowest BCUT2D eigenvalue weighted by atomic mass is 9.94. The number of hydrogen-bond donors (Lipinski definition) is 2. The van der Waals surface area contributed by atoms with E-state index in [2.05, 4.69) is 29.7 Å². The van der Waals surface area contributed by atoms with Gasteiger partial charge in [-0.15, -0.1) is 0 Å². The van der Waals surface area contributed by atoms with E-state index in [1.54, 1.807) is 0 Å². The van der Waals surface area contributed by atoms with Gasteiger partial charge in [-0.25, -0.2) is 0 Å². The van der Waals surface area contributed by atoms with E-state index in [1.165, 1.54) is 16.7 Å². The largest absolute Gasteiger partial charge is 0.352 e. The van der Waals surface area contributed by atoms with Crippen LogP contribution in [0.5, 0.6) is 0 Å². The number of fused-ring (bicyclic) bond motifs is 1. The van der Waals surface area contributed by atoms with Crippen molar-refractivity contribution in [3.63, 3.8) is 0 Å². The Morgan fingerprint density at radius 2 is 1.73 bits per heavy atom. The van der Waals surface area contributed by atoms with Crippen LogP contribution in [0, 0.1) is 0 Å². The molecule has 2 aromatic carbocycles. The van der Waals surface area contributed by atoms with Crippen molar-refractivity contribution in [3.8, 4) is 0 Å². The van der Waals surface area contributed by atoms with E-state index in [0.29, 0.717) is 5.56 Å². The summed E-state index contributed by atoms with van der Waals surface area (Å²) in [5, 5.41) is 5.70. The Labute approximate surface area is 155 Å². The molecule has 4 heteroatoms. The summed E-state index contributed by atoms with van der Waals surface area (Å²) in [6.45, 7) is 4.06. The summed E-state index contributed by atoms with van der Waals surface area (Å²) >= 11 is 0. The molecule has 2 aromatic rings. The van der Waals surface area contributed by atoms with Crippen LogP contribution >= 0.6 is 0 Å². The van der Waals surface area contributed by atoms with Crippen molar-refractivity contribution in [1.29, 1.82) is 0 Å². The average molecular weight is 350 g/mol. The van der Waals surface area contributed by atoms with Crippen molar-refractivity contribution in [2.24, 2.45) is 0 Å². The molecule has 1 aliphatic carbocycles. The normalized spacial score (nSPS) is 15.0. The number of rotatable bonds is 6. The summed E-state index contributed by atoms with van der Waals surface area (Å²) < 4.78 is 0. The second-order valence-corrected chi connectivity index (χ2v) is 7.08. The second-order valence-electron chi connectivity index (χ2n) is 7.08. The van der Waals surface area contributed by atoms with Gasteiger partial charge in [-0.3, -0.25) is 9.59 Å². The van der Waals surface area contributed by atoms with E-state index in [1.807, 2.05) is 43.3 Å². The maximum Gasteiger partial charge on any atom is 0.251 e. The Balaban J connectivity index is 1.50. The highest BCUT2D eigenvalue weighted by Crippen LogP contribution is 2.22. The fourth-order valence-electron chi connectivity index (χ4n) is 3.45. The number of benzene rings is 2. The molecule has 0 fully saturated rings. The third-order valence-electron chi connectivity index (χ3n) is 5.23. The predicted molar refractivity (Wildman–Crippen MR) is 103 cm³/mol. The Morgan fingerprint density at radius 3 is 2.50 bits per heavy atom. The molecule has 0 spiro atoms. The lowest BCUT2D eigenvalue weighted by molar-refractivity contribution is -0.120. The molecule has 0 unspecified atom stereocenters. The van der Waals surface area contributed by atoms with Crippen molar-refractivity contribution in [3.05, 3.63) is 70.8 Å². The zero-order valence-corrected chi connectivity index (χ0v) is 15.4. The van der Waals surface area contributed by atoms with Gasteiger partial charge in [-0.1, -0.05) is 43.3 Å². The highest BCUT2D eigenvalue weighted by Gasteiger charge is 2.18. The Kier molecular flexibility index (Phi) is 5.71. The number of amides is 2. The monoisotopic (exact) mass is 350 g/mol. The minimum atomic E-state index is -0.196. The number of aryl methyl sites for hydroxylation is 2. The smallest absolute Gasteiger partial charge is 0.251 e. The maximum atomic E-state index is 12.3. The summed E-state index contributed by atoms with van der Waals surface area (Å²) in [5.74, 6) is -0.166. The summed E-state index contributed by atoms with van der Waals surface area (Å²) in [7, 11) is 0. The van der Waals surface area contributed by atoms with Gasteiger partial charge in [-0.05, 0) is 55.0 Å². The molecular formula is C22H26N2O2. The first-order chi connectivity index (χ1) is 12.5. The lowest BCUT2D eigenvalue weighted by Crippen LogP contribution is -2.42. The molecule has 3 rings (SSSR count). The van der Waals surface area contributed by atoms with Gasteiger partial charge in [0.25, 0.3) is 5.91 Å². The lowest BCUT2D eigenvalue weighted by Gasteiger charge is -2.22. The van der Waals surface area contributed by atoms with Crippen LogP contribution in [-0.2, 0) is 17.6 Å². The van der Waals surface area contributed by atoms with Crippen LogP contribution in [0.3, 0.4) is 0 Å². The molecule has 0 heterocycles. The van der Waals surface area contributed by atoms with E-state index < -0.39 is 0 Å². The summed E-state index contributed by atoms with van der Waals surface area (Å²) in [4.78, 5) is 24.5. The molecule has 1 aliphatic rings. The van der Waals surface area contributed by atoms with Crippen LogP contribution in [0.25, 0.3) is 0 Å². The zero-order chi connectivity index (χ0) is 18.5. The summed E-state index contributed by atoms with van der Waals surface area (Å²) in [6.07, 6.45) is 3.28. The average Bonchev–Trinajstić information content (AvgIpc) is 3.13. The SMILES string of the molecule is C[C@H](c1ccccc1)[C@@H](C)NC(=O)CNC(=O)c1ccc2c(c1)CCC2. The number of carbonyl (C=O) groups excluding carboxylic acids is 2. The van der Waals surface area contributed by atoms with Crippen molar-refractivity contribution in [2.45, 2.75) is 45.1 Å². The van der Waals surface area contributed by atoms with E-state index in [9.17, 15) is 9.59 Å². The third-order valence-corrected chi connectivity index (χ3v) is 5.23. The highest BCUT2D eigenvalue weighted by molar-refractivity contribution is 5.96. The van der Waals surface area contributed by atoms with Crippen molar-refractivity contribution in [1.82, 2.24) is 10.6 Å². The van der Waals surface area contributed by atoms with Crippen molar-refractivity contribution < 1.29 is 9.59 Å². The first-order valence-electron chi connectivity index (χ1n) is 9.29. The molecule has 0 bridgehead atoms. The van der Waals surface area contributed by atoms with Crippen LogP contribution in [0.1, 0.15) is 53.2 Å². The molecule has 26 heavy (non-hydrogen) atoms. The quantitative estimate of drug-likeness (QED) is 0.840. The van der Waals surface area contributed by atoms with E-state index >= 15 is 0 Å². The Hall–Kier alpha value is -2.62. The molecule has 2 atom stereocenters. The first kappa shape index (κ1) is 18.2. The molecule has 136 valence electrons. The van der Waals surface area contributed by atoms with Gasteiger partial charge in [0, 0.05) is 17.5 Å². The van der Waals surface area contributed by atoms with Crippen LogP contribution in [0.15, 0.2) is 48.5 Å². The summed E-state index contributed by atoms with van der Waals surface area (Å²) in [5.41, 5.74) is 4.40. The fourth-order valence-corrected chi connectivity index (χ4v) is 3.45. The van der Waals surface area contributed by atoms with Gasteiger partial charge in [0.1, 0.15) is 0 Å². The van der Waals surface area contributed by atoms with Gasteiger partial charge < -0.3 is 10.6 Å². The third kappa shape index (κ3) is 4.31. The molecule has 0 radical (unpaired) electrons. The topological polar surface area (TPSA) is 58.2 Å². The van der Waals surface area contributed by atoms with Gasteiger partial charge in [0.05, 0.1) is 6.54 Å². The molecule has 2 N–H and O–H groups in total. The predicted octanol–water partition coefficient (Wildman–Crippen LogP) is 3.21. The van der Waals surface area contributed by atoms with Crippen molar-refractivity contribution in [2.75, 3.05) is 6.54 Å². The van der Waals surface area contributed by atoms with Crippen LogP contribution in [0.2, 0.25) is 0 Å². The maximum absolute atomic E-state index is 12.3. The Bertz CT molecular complexity index is 786. The number of nitrogens with one attached hydrogen (secondary N) is 2.